The second-order valence-electron chi connectivity index (χ2n) is 6.32. The van der Waals surface area contributed by atoms with Gasteiger partial charge in [0.2, 0.25) is 0 Å². The molecule has 22 heavy (non-hydrogen) atoms. The molecule has 1 aliphatic heterocycles. The van der Waals surface area contributed by atoms with E-state index in [1.165, 1.54) is 16.7 Å². The lowest BCUT2D eigenvalue weighted by molar-refractivity contribution is 0.182. The van der Waals surface area contributed by atoms with E-state index in [1.54, 1.807) is 0 Å². The van der Waals surface area contributed by atoms with Gasteiger partial charge in [0.15, 0.2) is 11.9 Å². The molecule has 1 aromatic carbocycles. The van der Waals surface area contributed by atoms with Crippen molar-refractivity contribution in [2.75, 3.05) is 0 Å². The van der Waals surface area contributed by atoms with Crippen molar-refractivity contribution >= 4 is 12.4 Å². The summed E-state index contributed by atoms with van der Waals surface area (Å²) in [6, 6.07) is 4.26. The van der Waals surface area contributed by atoms with Crippen LogP contribution in [0.5, 0.6) is 5.75 Å². The number of hydrogen-bond donors (Lipinski definition) is 1. The van der Waals surface area contributed by atoms with Gasteiger partial charge in [-0.05, 0) is 55.9 Å². The van der Waals surface area contributed by atoms with Crippen LogP contribution in [0.3, 0.4) is 0 Å². The van der Waals surface area contributed by atoms with Gasteiger partial charge >= 0.3 is 0 Å². The summed E-state index contributed by atoms with van der Waals surface area (Å²) in [5.41, 5.74) is 9.56. The number of fused-ring (bicyclic) bond motifs is 1. The molecule has 2 aliphatic rings. The van der Waals surface area contributed by atoms with Gasteiger partial charge in [-0.1, -0.05) is 11.2 Å². The van der Waals surface area contributed by atoms with Gasteiger partial charge in [-0.3, -0.25) is 0 Å². The fourth-order valence-corrected chi connectivity index (χ4v) is 3.00. The zero-order chi connectivity index (χ0) is 14.6. The first kappa shape index (κ1) is 15.3. The molecule has 2 heterocycles. The molecule has 0 spiro atoms. The van der Waals surface area contributed by atoms with Gasteiger partial charge in [0.25, 0.3) is 5.89 Å². The summed E-state index contributed by atoms with van der Waals surface area (Å²) in [4.78, 5) is 4.49. The van der Waals surface area contributed by atoms with Crippen LogP contribution < -0.4 is 10.5 Å². The van der Waals surface area contributed by atoms with Gasteiger partial charge in [-0.25, -0.2) is 0 Å². The molecule has 5 nitrogen and oxygen atoms in total. The summed E-state index contributed by atoms with van der Waals surface area (Å²) in [7, 11) is 0. The Hall–Kier alpha value is -1.59. The van der Waals surface area contributed by atoms with Gasteiger partial charge in [-0.15, -0.1) is 12.4 Å². The molecule has 1 fully saturated rings. The molecule has 0 radical (unpaired) electrons. The molecule has 118 valence electrons. The van der Waals surface area contributed by atoms with E-state index in [2.05, 4.69) is 36.1 Å². The molecule has 0 amide bonds. The van der Waals surface area contributed by atoms with Crippen molar-refractivity contribution in [3.05, 3.63) is 40.5 Å². The Bertz CT molecular complexity index is 678. The van der Waals surface area contributed by atoms with Crippen molar-refractivity contribution in [1.29, 1.82) is 0 Å². The van der Waals surface area contributed by atoms with E-state index < -0.39 is 0 Å². The minimum atomic E-state index is -0.389. The van der Waals surface area contributed by atoms with Crippen LogP contribution in [0.25, 0.3) is 0 Å². The van der Waals surface area contributed by atoms with Gasteiger partial charge in [0, 0.05) is 6.42 Å². The first-order valence-corrected chi connectivity index (χ1v) is 7.45. The second kappa shape index (κ2) is 5.25. The molecule has 4 rings (SSSR count). The number of nitrogens with two attached hydrogens (primary N) is 1. The normalized spacial score (nSPS) is 21.5. The van der Waals surface area contributed by atoms with E-state index in [0.29, 0.717) is 11.7 Å². The molecule has 1 aromatic heterocycles. The van der Waals surface area contributed by atoms with Crippen LogP contribution in [0, 0.1) is 13.8 Å². The van der Waals surface area contributed by atoms with Crippen molar-refractivity contribution in [3.8, 4) is 5.75 Å². The van der Waals surface area contributed by atoms with Crippen LogP contribution >= 0.6 is 12.4 Å². The zero-order valence-corrected chi connectivity index (χ0v) is 13.6. The van der Waals surface area contributed by atoms with E-state index >= 15 is 0 Å². The van der Waals surface area contributed by atoms with E-state index in [1.807, 2.05) is 0 Å². The molecule has 1 unspecified atom stereocenters. The Morgan fingerprint density at radius 1 is 1.23 bits per heavy atom. The number of halogens is 1. The van der Waals surface area contributed by atoms with Crippen LogP contribution in [0.1, 0.15) is 53.8 Å². The molecule has 1 saturated carbocycles. The maximum atomic E-state index is 6.23. The highest BCUT2D eigenvalue weighted by Gasteiger charge is 2.40. The van der Waals surface area contributed by atoms with Crippen LogP contribution in [0.2, 0.25) is 0 Å². The number of hydrogen-bond acceptors (Lipinski definition) is 5. The Kier molecular flexibility index (Phi) is 3.65. The van der Waals surface area contributed by atoms with Crippen molar-refractivity contribution in [2.45, 2.75) is 51.2 Å². The van der Waals surface area contributed by atoms with Gasteiger partial charge in [0.05, 0.1) is 5.54 Å². The van der Waals surface area contributed by atoms with Crippen molar-refractivity contribution in [1.82, 2.24) is 10.1 Å². The van der Waals surface area contributed by atoms with Gasteiger partial charge in [0.1, 0.15) is 5.75 Å². The first-order valence-electron chi connectivity index (χ1n) is 7.45. The third-order valence-electron chi connectivity index (χ3n) is 4.76. The summed E-state index contributed by atoms with van der Waals surface area (Å²) >= 11 is 0. The third kappa shape index (κ3) is 2.29. The Morgan fingerprint density at radius 2 is 1.95 bits per heavy atom. The van der Waals surface area contributed by atoms with Gasteiger partial charge in [-0.2, -0.15) is 4.98 Å². The molecule has 6 heteroatoms. The number of aromatic nitrogens is 2. The molecule has 0 saturated heterocycles. The number of ether oxygens (including phenoxy) is 1. The standard InChI is InChI=1S/C16H19N3O2.ClH/c1-9-6-11-8-13(20-12(11)7-10(9)2)14-18-15(19-21-14)16(17)4-3-5-16;/h6-7,13H,3-5,8,17H2,1-2H3;1H. The Labute approximate surface area is 135 Å². The number of nitrogens with zero attached hydrogens (tertiary/aromatic N) is 2. The average molecular weight is 322 g/mol. The topological polar surface area (TPSA) is 74.2 Å². The molecular weight excluding hydrogens is 302 g/mol. The smallest absolute Gasteiger partial charge is 0.268 e. The SMILES string of the molecule is Cc1cc2c(cc1C)OC(c1nc(C3(N)CCC3)no1)C2.Cl. The lowest BCUT2D eigenvalue weighted by atomic mass is 9.77. The number of rotatable bonds is 2. The summed E-state index contributed by atoms with van der Waals surface area (Å²) < 4.78 is 11.4. The van der Waals surface area contributed by atoms with Gasteiger partial charge < -0.3 is 15.0 Å². The van der Waals surface area contributed by atoms with Crippen LogP contribution in [0.4, 0.5) is 0 Å². The van der Waals surface area contributed by atoms with E-state index in [0.717, 1.165) is 31.4 Å². The zero-order valence-electron chi connectivity index (χ0n) is 12.8. The molecule has 2 N–H and O–H groups in total. The minimum absolute atomic E-state index is 0. The van der Waals surface area contributed by atoms with Crippen LogP contribution in [0.15, 0.2) is 16.7 Å². The third-order valence-corrected chi connectivity index (χ3v) is 4.76. The largest absolute Gasteiger partial charge is 0.480 e. The highest BCUT2D eigenvalue weighted by atomic mass is 35.5. The predicted octanol–water partition coefficient (Wildman–Crippen LogP) is 3.12. The Morgan fingerprint density at radius 3 is 2.64 bits per heavy atom. The van der Waals surface area contributed by atoms with Crippen LogP contribution in [-0.2, 0) is 12.0 Å². The fourth-order valence-electron chi connectivity index (χ4n) is 3.00. The monoisotopic (exact) mass is 321 g/mol. The number of benzene rings is 1. The maximum Gasteiger partial charge on any atom is 0.268 e. The second-order valence-corrected chi connectivity index (χ2v) is 6.32. The Balaban J connectivity index is 0.00000144. The minimum Gasteiger partial charge on any atom is -0.480 e. The molecular formula is C16H20ClN3O2. The average Bonchev–Trinajstić information content (AvgIpc) is 3.03. The summed E-state index contributed by atoms with van der Waals surface area (Å²) in [6.45, 7) is 4.20. The van der Waals surface area contributed by atoms with E-state index in [-0.39, 0.29) is 24.0 Å². The molecule has 0 bridgehead atoms. The van der Waals surface area contributed by atoms with Crippen molar-refractivity contribution < 1.29 is 9.26 Å². The maximum absolute atomic E-state index is 6.23. The summed E-state index contributed by atoms with van der Waals surface area (Å²) in [6.07, 6.45) is 3.57. The summed E-state index contributed by atoms with van der Waals surface area (Å²) in [5.74, 6) is 2.08. The summed E-state index contributed by atoms with van der Waals surface area (Å²) in [5, 5.41) is 4.06. The fraction of sp³-hybridized carbons (Fsp3) is 0.500. The molecule has 2 aromatic rings. The highest BCUT2D eigenvalue weighted by Crippen LogP contribution is 2.40. The molecule has 1 aliphatic carbocycles. The predicted molar refractivity (Wildman–Crippen MR) is 84.3 cm³/mol. The van der Waals surface area contributed by atoms with E-state index in [4.69, 9.17) is 15.0 Å². The van der Waals surface area contributed by atoms with Crippen LogP contribution in [-0.4, -0.2) is 10.1 Å². The molecule has 1 atom stereocenters. The van der Waals surface area contributed by atoms with Crippen molar-refractivity contribution in [3.63, 3.8) is 0 Å². The number of aryl methyl sites for hydroxylation is 2. The lowest BCUT2D eigenvalue weighted by Crippen LogP contribution is -2.44. The highest BCUT2D eigenvalue weighted by molar-refractivity contribution is 5.85. The lowest BCUT2D eigenvalue weighted by Gasteiger charge is -2.34. The van der Waals surface area contributed by atoms with E-state index in [9.17, 15) is 0 Å². The first-order chi connectivity index (χ1) is 10.0. The van der Waals surface area contributed by atoms with Crippen molar-refractivity contribution in [2.24, 2.45) is 5.73 Å². The quantitative estimate of drug-likeness (QED) is 0.919.